The first kappa shape index (κ1) is 12.0. The number of thiazole rings is 1. The van der Waals surface area contributed by atoms with Crippen molar-refractivity contribution in [2.45, 2.75) is 20.3 Å². The van der Waals surface area contributed by atoms with E-state index in [1.165, 1.54) is 11.3 Å². The van der Waals surface area contributed by atoms with Crippen LogP contribution in [-0.2, 0) is 4.79 Å². The molecule has 1 unspecified atom stereocenters. The summed E-state index contributed by atoms with van der Waals surface area (Å²) in [7, 11) is 0. The van der Waals surface area contributed by atoms with Crippen molar-refractivity contribution >= 4 is 23.2 Å². The largest absolute Gasteiger partial charge is 0.481 e. The monoisotopic (exact) mass is 254 g/mol. The van der Waals surface area contributed by atoms with Crippen LogP contribution < -0.4 is 0 Å². The summed E-state index contributed by atoms with van der Waals surface area (Å²) in [6.07, 6.45) is 2.06. The summed E-state index contributed by atoms with van der Waals surface area (Å²) in [5.41, 5.74) is -0.810. The number of carbonyl (C=O) groups excluding carboxylic acids is 1. The molecular formula is C11H14N2O3S. The van der Waals surface area contributed by atoms with Crippen LogP contribution in [0.15, 0.2) is 6.20 Å². The molecule has 1 atom stereocenters. The van der Waals surface area contributed by atoms with Gasteiger partial charge in [-0.05, 0) is 20.3 Å². The van der Waals surface area contributed by atoms with Crippen LogP contribution in [0.4, 0.5) is 0 Å². The maximum atomic E-state index is 12.1. The van der Waals surface area contributed by atoms with Crippen molar-refractivity contribution in [3.8, 4) is 0 Å². The highest BCUT2D eigenvalue weighted by atomic mass is 32.1. The number of aromatic nitrogens is 1. The van der Waals surface area contributed by atoms with Gasteiger partial charge in [-0.3, -0.25) is 9.59 Å². The van der Waals surface area contributed by atoms with E-state index in [9.17, 15) is 9.59 Å². The summed E-state index contributed by atoms with van der Waals surface area (Å²) >= 11 is 1.34. The predicted molar refractivity (Wildman–Crippen MR) is 63.1 cm³/mol. The van der Waals surface area contributed by atoms with E-state index in [-0.39, 0.29) is 12.5 Å². The van der Waals surface area contributed by atoms with E-state index < -0.39 is 11.4 Å². The second kappa shape index (κ2) is 4.10. The van der Waals surface area contributed by atoms with Gasteiger partial charge in [0, 0.05) is 13.1 Å². The normalized spacial score (nSPS) is 24.0. The summed E-state index contributed by atoms with van der Waals surface area (Å²) in [5, 5.41) is 9.94. The first-order valence-electron chi connectivity index (χ1n) is 5.37. The quantitative estimate of drug-likeness (QED) is 0.865. The molecule has 17 heavy (non-hydrogen) atoms. The Labute approximate surface area is 103 Å². The third-order valence-corrected chi connectivity index (χ3v) is 4.01. The molecule has 0 aliphatic carbocycles. The number of carboxylic acids is 1. The molecule has 5 nitrogen and oxygen atoms in total. The van der Waals surface area contributed by atoms with Crippen LogP contribution in [0, 0.1) is 12.3 Å². The van der Waals surface area contributed by atoms with Crippen LogP contribution in [-0.4, -0.2) is 40.0 Å². The van der Waals surface area contributed by atoms with Crippen molar-refractivity contribution < 1.29 is 14.7 Å². The van der Waals surface area contributed by atoms with Gasteiger partial charge in [-0.1, -0.05) is 0 Å². The van der Waals surface area contributed by atoms with Gasteiger partial charge in [-0.2, -0.15) is 0 Å². The maximum Gasteiger partial charge on any atom is 0.311 e. The molecule has 1 aromatic rings. The summed E-state index contributed by atoms with van der Waals surface area (Å²) in [6.45, 7) is 4.30. The number of aliphatic carboxylic acids is 1. The van der Waals surface area contributed by atoms with Crippen LogP contribution in [0.2, 0.25) is 0 Å². The number of carboxylic acid groups (broad SMARTS) is 1. The molecule has 0 radical (unpaired) electrons. The Balaban J connectivity index is 2.11. The number of carbonyl (C=O) groups is 2. The topological polar surface area (TPSA) is 70.5 Å². The molecule has 1 N–H and O–H groups in total. The number of aryl methyl sites for hydroxylation is 1. The fourth-order valence-electron chi connectivity index (χ4n) is 1.93. The predicted octanol–water partition coefficient (Wildman–Crippen LogP) is 1.39. The van der Waals surface area contributed by atoms with Crippen LogP contribution in [0.1, 0.15) is 28.0 Å². The molecule has 92 valence electrons. The highest BCUT2D eigenvalue weighted by Crippen LogP contribution is 2.31. The molecule has 1 aliphatic rings. The van der Waals surface area contributed by atoms with Gasteiger partial charge in [-0.25, -0.2) is 4.98 Å². The fraction of sp³-hybridized carbons (Fsp3) is 0.545. The molecule has 1 fully saturated rings. The fourth-order valence-corrected chi connectivity index (χ4v) is 2.67. The number of hydrogen-bond acceptors (Lipinski definition) is 4. The molecule has 6 heteroatoms. The van der Waals surface area contributed by atoms with E-state index in [0.29, 0.717) is 17.8 Å². The van der Waals surface area contributed by atoms with Gasteiger partial charge in [0.25, 0.3) is 5.91 Å². The van der Waals surface area contributed by atoms with E-state index in [4.69, 9.17) is 5.11 Å². The van der Waals surface area contributed by atoms with Crippen LogP contribution >= 0.6 is 11.3 Å². The highest BCUT2D eigenvalue weighted by Gasteiger charge is 2.42. The number of amides is 1. The van der Waals surface area contributed by atoms with E-state index in [0.717, 1.165) is 5.01 Å². The molecule has 1 amide bonds. The molecule has 0 bridgehead atoms. The average Bonchev–Trinajstić information content (AvgIpc) is 2.85. The first-order valence-corrected chi connectivity index (χ1v) is 6.19. The summed E-state index contributed by atoms with van der Waals surface area (Å²) < 4.78 is 0. The standard InChI is InChI=1S/C11H14N2O3S/c1-7-12-5-8(17-7)9(14)13-4-3-11(2,6-13)10(15)16/h5H,3-4,6H2,1-2H3,(H,15,16). The Kier molecular flexibility index (Phi) is 2.91. The Morgan fingerprint density at radius 2 is 2.29 bits per heavy atom. The van der Waals surface area contributed by atoms with Gasteiger partial charge in [-0.15, -0.1) is 11.3 Å². The zero-order valence-corrected chi connectivity index (χ0v) is 10.6. The smallest absolute Gasteiger partial charge is 0.311 e. The second-order valence-corrected chi connectivity index (χ2v) is 5.82. The number of likely N-dealkylation sites (tertiary alicyclic amines) is 1. The van der Waals surface area contributed by atoms with E-state index in [1.807, 2.05) is 6.92 Å². The molecule has 2 rings (SSSR count). The van der Waals surface area contributed by atoms with E-state index >= 15 is 0 Å². The first-order chi connectivity index (χ1) is 7.92. The lowest BCUT2D eigenvalue weighted by Crippen LogP contribution is -2.34. The lowest BCUT2D eigenvalue weighted by Gasteiger charge is -2.19. The lowest BCUT2D eigenvalue weighted by molar-refractivity contribution is -0.147. The van der Waals surface area contributed by atoms with Crippen molar-refractivity contribution in [3.05, 3.63) is 16.1 Å². The number of nitrogens with zero attached hydrogens (tertiary/aromatic N) is 2. The lowest BCUT2D eigenvalue weighted by atomic mass is 9.90. The van der Waals surface area contributed by atoms with Crippen molar-refractivity contribution in [1.82, 2.24) is 9.88 Å². The van der Waals surface area contributed by atoms with Crippen molar-refractivity contribution in [2.24, 2.45) is 5.41 Å². The van der Waals surface area contributed by atoms with Gasteiger partial charge in [0.1, 0.15) is 4.88 Å². The zero-order chi connectivity index (χ0) is 12.6. The third-order valence-electron chi connectivity index (χ3n) is 3.11. The molecule has 0 aromatic carbocycles. The van der Waals surface area contributed by atoms with Crippen LogP contribution in [0.3, 0.4) is 0 Å². The maximum absolute atomic E-state index is 12.1. The molecule has 2 heterocycles. The molecule has 1 saturated heterocycles. The van der Waals surface area contributed by atoms with Crippen LogP contribution in [0.25, 0.3) is 0 Å². The Morgan fingerprint density at radius 1 is 1.59 bits per heavy atom. The third kappa shape index (κ3) is 2.17. The van der Waals surface area contributed by atoms with Crippen molar-refractivity contribution in [2.75, 3.05) is 13.1 Å². The molecule has 1 aliphatic heterocycles. The Hall–Kier alpha value is -1.43. The van der Waals surface area contributed by atoms with E-state index in [1.54, 1.807) is 18.0 Å². The number of hydrogen-bond donors (Lipinski definition) is 1. The van der Waals surface area contributed by atoms with Gasteiger partial charge >= 0.3 is 5.97 Å². The number of rotatable bonds is 2. The zero-order valence-electron chi connectivity index (χ0n) is 9.77. The average molecular weight is 254 g/mol. The van der Waals surface area contributed by atoms with Crippen molar-refractivity contribution in [1.29, 1.82) is 0 Å². The SMILES string of the molecule is Cc1ncc(C(=O)N2CCC(C)(C(=O)O)C2)s1. The van der Waals surface area contributed by atoms with Gasteiger partial charge < -0.3 is 10.0 Å². The van der Waals surface area contributed by atoms with Gasteiger partial charge in [0.2, 0.25) is 0 Å². The Morgan fingerprint density at radius 3 is 2.76 bits per heavy atom. The molecular weight excluding hydrogens is 240 g/mol. The summed E-state index contributed by atoms with van der Waals surface area (Å²) in [5.74, 6) is -0.950. The van der Waals surface area contributed by atoms with E-state index in [2.05, 4.69) is 4.98 Å². The van der Waals surface area contributed by atoms with Crippen molar-refractivity contribution in [3.63, 3.8) is 0 Å². The van der Waals surface area contributed by atoms with Gasteiger partial charge in [0.05, 0.1) is 16.6 Å². The minimum Gasteiger partial charge on any atom is -0.481 e. The van der Waals surface area contributed by atoms with Gasteiger partial charge in [0.15, 0.2) is 0 Å². The minimum absolute atomic E-state index is 0.111. The summed E-state index contributed by atoms with van der Waals surface area (Å²) in [6, 6.07) is 0. The Bertz CT molecular complexity index is 471. The molecule has 1 aromatic heterocycles. The molecule has 0 saturated carbocycles. The molecule has 0 spiro atoms. The minimum atomic E-state index is -0.840. The second-order valence-electron chi connectivity index (χ2n) is 4.59. The highest BCUT2D eigenvalue weighted by molar-refractivity contribution is 7.13. The van der Waals surface area contributed by atoms with Crippen LogP contribution in [0.5, 0.6) is 0 Å². The summed E-state index contributed by atoms with van der Waals surface area (Å²) in [4.78, 5) is 29.4.